The Bertz CT molecular complexity index is 434. The van der Waals surface area contributed by atoms with Crippen LogP contribution in [0, 0.1) is 17.3 Å². The van der Waals surface area contributed by atoms with E-state index < -0.39 is 5.60 Å². The maximum absolute atomic E-state index is 11.1. The molecular weight excluding hydrogens is 236 g/mol. The average Bonchev–Trinajstić information content (AvgIpc) is 2.85. The lowest BCUT2D eigenvalue weighted by Crippen LogP contribution is -2.47. The zero-order valence-corrected chi connectivity index (χ0v) is 12.8. The smallest absolute Gasteiger partial charge is 0.150 e. The van der Waals surface area contributed by atoms with Crippen LogP contribution in [-0.4, -0.2) is 20.3 Å². The Kier molecular flexibility index (Phi) is 5.20. The molecule has 3 heteroatoms. The first kappa shape index (κ1) is 15.8. The number of hydrogen-bond acceptors (Lipinski definition) is 2. The molecule has 19 heavy (non-hydrogen) atoms. The minimum absolute atomic E-state index is 0.135. The first-order valence-corrected chi connectivity index (χ1v) is 7.02. The van der Waals surface area contributed by atoms with Crippen LogP contribution in [0.15, 0.2) is 18.7 Å². The van der Waals surface area contributed by atoms with Crippen LogP contribution in [0.5, 0.6) is 0 Å². The third-order valence-corrected chi connectivity index (χ3v) is 3.65. The number of aliphatic hydroxyl groups is 1. The molecule has 0 saturated carbocycles. The highest BCUT2D eigenvalue weighted by Gasteiger charge is 2.44. The Labute approximate surface area is 117 Å². The van der Waals surface area contributed by atoms with Crippen molar-refractivity contribution in [2.75, 3.05) is 0 Å². The van der Waals surface area contributed by atoms with Crippen molar-refractivity contribution in [1.29, 1.82) is 0 Å². The molecule has 0 radical (unpaired) electrons. The van der Waals surface area contributed by atoms with Crippen LogP contribution in [-0.2, 0) is 0 Å². The highest BCUT2D eigenvalue weighted by molar-refractivity contribution is 5.21. The second kappa shape index (κ2) is 6.25. The Morgan fingerprint density at radius 3 is 2.53 bits per heavy atom. The van der Waals surface area contributed by atoms with E-state index >= 15 is 0 Å². The van der Waals surface area contributed by atoms with E-state index in [0.29, 0.717) is 0 Å². The lowest BCUT2D eigenvalue weighted by molar-refractivity contribution is -0.0431. The SMILES string of the molecule is CCCCC#CC(O)(C(C)n1ccnc1)C(C)(C)C. The van der Waals surface area contributed by atoms with E-state index in [1.807, 2.05) is 38.5 Å². The van der Waals surface area contributed by atoms with Gasteiger partial charge >= 0.3 is 0 Å². The van der Waals surface area contributed by atoms with E-state index in [4.69, 9.17) is 0 Å². The first-order valence-electron chi connectivity index (χ1n) is 7.02. The lowest BCUT2D eigenvalue weighted by Gasteiger charge is -2.41. The summed E-state index contributed by atoms with van der Waals surface area (Å²) in [5, 5.41) is 11.1. The van der Waals surface area contributed by atoms with Gasteiger partial charge in [-0.2, -0.15) is 0 Å². The predicted molar refractivity (Wildman–Crippen MR) is 78.6 cm³/mol. The van der Waals surface area contributed by atoms with Gasteiger partial charge in [-0.1, -0.05) is 40.0 Å². The highest BCUT2D eigenvalue weighted by atomic mass is 16.3. The average molecular weight is 262 g/mol. The standard InChI is InChI=1S/C16H26N2O/c1-6-7-8-9-10-16(19,15(3,4)5)14(2)18-12-11-17-13-18/h11-14,19H,6-8H2,1-5H3. The van der Waals surface area contributed by atoms with E-state index in [2.05, 4.69) is 23.7 Å². The number of imidazole rings is 1. The summed E-state index contributed by atoms with van der Waals surface area (Å²) in [7, 11) is 0. The van der Waals surface area contributed by atoms with Crippen molar-refractivity contribution in [3.63, 3.8) is 0 Å². The maximum Gasteiger partial charge on any atom is 0.150 e. The molecule has 1 heterocycles. The molecule has 0 fully saturated rings. The minimum Gasteiger partial charge on any atom is -0.375 e. The fourth-order valence-electron chi connectivity index (χ4n) is 2.10. The van der Waals surface area contributed by atoms with Crippen molar-refractivity contribution in [2.45, 2.75) is 65.5 Å². The maximum atomic E-state index is 11.1. The molecule has 1 rings (SSSR count). The summed E-state index contributed by atoms with van der Waals surface area (Å²) in [6, 6.07) is -0.135. The van der Waals surface area contributed by atoms with Gasteiger partial charge in [0.15, 0.2) is 0 Å². The third kappa shape index (κ3) is 3.61. The number of rotatable bonds is 4. The molecule has 2 atom stereocenters. The molecule has 1 aromatic rings. The largest absolute Gasteiger partial charge is 0.375 e. The normalized spacial score (nSPS) is 16.3. The van der Waals surface area contributed by atoms with Gasteiger partial charge in [-0.25, -0.2) is 4.98 Å². The monoisotopic (exact) mass is 262 g/mol. The molecule has 0 aliphatic rings. The van der Waals surface area contributed by atoms with Crippen molar-refractivity contribution in [3.8, 4) is 11.8 Å². The summed E-state index contributed by atoms with van der Waals surface area (Å²) in [4.78, 5) is 4.05. The lowest BCUT2D eigenvalue weighted by atomic mass is 9.72. The van der Waals surface area contributed by atoms with Crippen LogP contribution < -0.4 is 0 Å². The molecule has 1 aromatic heterocycles. The molecule has 2 unspecified atom stereocenters. The van der Waals surface area contributed by atoms with Gasteiger partial charge in [0.1, 0.15) is 5.60 Å². The second-order valence-electron chi connectivity index (χ2n) is 6.11. The highest BCUT2D eigenvalue weighted by Crippen LogP contribution is 2.38. The Balaban J connectivity index is 3.02. The summed E-state index contributed by atoms with van der Waals surface area (Å²) < 4.78 is 1.92. The summed E-state index contributed by atoms with van der Waals surface area (Å²) in [6.45, 7) is 10.2. The van der Waals surface area contributed by atoms with E-state index in [-0.39, 0.29) is 11.5 Å². The van der Waals surface area contributed by atoms with Gasteiger partial charge in [-0.15, -0.1) is 5.92 Å². The zero-order valence-electron chi connectivity index (χ0n) is 12.8. The van der Waals surface area contributed by atoms with E-state index in [1.54, 1.807) is 12.5 Å². The molecule has 0 bridgehead atoms. The van der Waals surface area contributed by atoms with Crippen LogP contribution >= 0.6 is 0 Å². The van der Waals surface area contributed by atoms with Gasteiger partial charge in [-0.3, -0.25) is 0 Å². The fourth-order valence-corrected chi connectivity index (χ4v) is 2.10. The molecule has 0 aliphatic heterocycles. The summed E-state index contributed by atoms with van der Waals surface area (Å²) in [5.41, 5.74) is -1.39. The number of aromatic nitrogens is 2. The quantitative estimate of drug-likeness (QED) is 0.667. The van der Waals surface area contributed by atoms with Gasteiger partial charge in [0.25, 0.3) is 0 Å². The Morgan fingerprint density at radius 2 is 2.05 bits per heavy atom. The van der Waals surface area contributed by atoms with Gasteiger partial charge in [-0.05, 0) is 13.3 Å². The van der Waals surface area contributed by atoms with Crippen molar-refractivity contribution in [3.05, 3.63) is 18.7 Å². The van der Waals surface area contributed by atoms with Crippen molar-refractivity contribution < 1.29 is 5.11 Å². The number of nitrogens with zero attached hydrogens (tertiary/aromatic N) is 2. The van der Waals surface area contributed by atoms with E-state index in [0.717, 1.165) is 19.3 Å². The van der Waals surface area contributed by atoms with Gasteiger partial charge in [0.2, 0.25) is 0 Å². The summed E-state index contributed by atoms with van der Waals surface area (Å²) >= 11 is 0. The van der Waals surface area contributed by atoms with Crippen LogP contribution in [0.4, 0.5) is 0 Å². The van der Waals surface area contributed by atoms with Gasteiger partial charge < -0.3 is 9.67 Å². The zero-order chi connectivity index (χ0) is 14.5. The van der Waals surface area contributed by atoms with Crippen molar-refractivity contribution in [2.24, 2.45) is 5.41 Å². The number of unbranched alkanes of at least 4 members (excludes halogenated alkanes) is 2. The van der Waals surface area contributed by atoms with Crippen molar-refractivity contribution >= 4 is 0 Å². The van der Waals surface area contributed by atoms with Crippen molar-refractivity contribution in [1.82, 2.24) is 9.55 Å². The summed E-state index contributed by atoms with van der Waals surface area (Å²) in [6.07, 6.45) is 8.37. The predicted octanol–water partition coefficient (Wildman–Crippen LogP) is 3.41. The second-order valence-corrected chi connectivity index (χ2v) is 6.11. The van der Waals surface area contributed by atoms with Crippen LogP contribution in [0.3, 0.4) is 0 Å². The molecule has 0 aliphatic carbocycles. The molecule has 106 valence electrons. The van der Waals surface area contributed by atoms with Gasteiger partial charge in [0, 0.05) is 24.2 Å². The first-order chi connectivity index (χ1) is 8.83. The topological polar surface area (TPSA) is 38.0 Å². The van der Waals surface area contributed by atoms with Crippen LogP contribution in [0.1, 0.15) is 59.9 Å². The minimum atomic E-state index is -1.07. The molecule has 0 saturated heterocycles. The Morgan fingerprint density at radius 1 is 1.37 bits per heavy atom. The van der Waals surface area contributed by atoms with Crippen LogP contribution in [0.2, 0.25) is 0 Å². The number of hydrogen-bond donors (Lipinski definition) is 1. The fraction of sp³-hybridized carbons (Fsp3) is 0.688. The third-order valence-electron chi connectivity index (χ3n) is 3.65. The van der Waals surface area contributed by atoms with Gasteiger partial charge in [0.05, 0.1) is 12.4 Å². The van der Waals surface area contributed by atoms with E-state index in [1.165, 1.54) is 0 Å². The molecule has 0 amide bonds. The molecule has 3 nitrogen and oxygen atoms in total. The molecular formula is C16H26N2O. The van der Waals surface area contributed by atoms with E-state index in [9.17, 15) is 5.11 Å². The van der Waals surface area contributed by atoms with Crippen LogP contribution in [0.25, 0.3) is 0 Å². The molecule has 0 aromatic carbocycles. The Hall–Kier alpha value is -1.27. The summed E-state index contributed by atoms with van der Waals surface area (Å²) in [5.74, 6) is 6.26. The molecule has 0 spiro atoms. The molecule has 1 N–H and O–H groups in total.